The highest BCUT2D eigenvalue weighted by atomic mass is 16.4. The molecule has 5 N–H and O–H groups in total. The largest absolute Gasteiger partial charge is 0.480 e. The number of allylic oxidation sites excluding steroid dienone is 1. The summed E-state index contributed by atoms with van der Waals surface area (Å²) in [6.07, 6.45) is 6.15. The van der Waals surface area contributed by atoms with E-state index in [1.807, 2.05) is 18.2 Å². The Hall–Kier alpha value is -3.88. The van der Waals surface area contributed by atoms with Crippen molar-refractivity contribution in [3.8, 4) is 0 Å². The molecule has 3 heterocycles. The average molecular weight is 477 g/mol. The quantitative estimate of drug-likeness (QED) is 0.253. The topological polar surface area (TPSA) is 132 Å². The van der Waals surface area contributed by atoms with Gasteiger partial charge in [-0.15, -0.1) is 0 Å². The zero-order valence-electron chi connectivity index (χ0n) is 19.8. The number of hydrogen-bond acceptors (Lipinski definition) is 6. The number of anilines is 1. The van der Waals surface area contributed by atoms with Crippen LogP contribution < -0.4 is 16.0 Å². The smallest absolute Gasteiger partial charge is 0.326 e. The number of nitrogens with one attached hydrogen (secondary N) is 4. The fourth-order valence-electron chi connectivity index (χ4n) is 4.18. The highest BCUT2D eigenvalue weighted by Crippen LogP contribution is 2.20. The molecule has 9 nitrogen and oxygen atoms in total. The van der Waals surface area contributed by atoms with Crippen molar-refractivity contribution in [3.05, 3.63) is 65.8 Å². The molecule has 1 atom stereocenters. The summed E-state index contributed by atoms with van der Waals surface area (Å²) in [6, 6.07) is 10.5. The maximum Gasteiger partial charge on any atom is 0.326 e. The number of carbonyl (C=O) groups excluding carboxylic acids is 1. The maximum atomic E-state index is 12.5. The summed E-state index contributed by atoms with van der Waals surface area (Å²) in [5, 5.41) is 18.6. The van der Waals surface area contributed by atoms with Crippen LogP contribution in [0.3, 0.4) is 0 Å². The molecule has 0 aliphatic carbocycles. The Bertz CT molecular complexity index is 1170. The number of aromatic amines is 1. The van der Waals surface area contributed by atoms with Crippen LogP contribution in [0.15, 0.2) is 48.7 Å². The molecule has 0 bridgehead atoms. The number of rotatable bonds is 12. The number of unbranched alkanes of at least 4 members (excludes halogenated alkanes) is 1. The third kappa shape index (κ3) is 6.59. The van der Waals surface area contributed by atoms with Gasteiger partial charge in [0.05, 0.1) is 11.0 Å². The van der Waals surface area contributed by atoms with Gasteiger partial charge >= 0.3 is 5.97 Å². The molecule has 1 aromatic carbocycles. The first-order valence-corrected chi connectivity index (χ1v) is 12.1. The van der Waals surface area contributed by atoms with Gasteiger partial charge in [0.25, 0.3) is 5.91 Å². The number of carboxylic acid groups (broad SMARTS) is 1. The first kappa shape index (κ1) is 24.3. The lowest BCUT2D eigenvalue weighted by molar-refractivity contribution is -0.139. The number of hydrogen-bond donors (Lipinski definition) is 5. The predicted octanol–water partition coefficient (Wildman–Crippen LogP) is 3.41. The van der Waals surface area contributed by atoms with Crippen LogP contribution in [-0.2, 0) is 17.6 Å². The SMILES string of the molecule is C=C(CCCCc1ccc2c(n1)NCCC2)NCCC(NC(=O)c1nc2ccccc2[nH]1)C(=O)O. The molecule has 4 rings (SSSR count). The van der Waals surface area contributed by atoms with Gasteiger partial charge in [0, 0.05) is 24.5 Å². The van der Waals surface area contributed by atoms with Crippen LogP contribution in [0.25, 0.3) is 11.0 Å². The highest BCUT2D eigenvalue weighted by molar-refractivity contribution is 5.96. The molecule has 184 valence electrons. The molecule has 0 radical (unpaired) electrons. The van der Waals surface area contributed by atoms with Crippen LogP contribution in [0.5, 0.6) is 0 Å². The number of carboxylic acids is 1. The monoisotopic (exact) mass is 476 g/mol. The number of pyridine rings is 1. The second-order valence-corrected chi connectivity index (χ2v) is 8.83. The van der Waals surface area contributed by atoms with Crippen LogP contribution in [0.2, 0.25) is 0 Å². The van der Waals surface area contributed by atoms with Crippen LogP contribution in [0.4, 0.5) is 5.82 Å². The van der Waals surface area contributed by atoms with Gasteiger partial charge in [-0.1, -0.05) is 24.8 Å². The Morgan fingerprint density at radius 3 is 2.83 bits per heavy atom. The molecular weight excluding hydrogens is 444 g/mol. The summed E-state index contributed by atoms with van der Waals surface area (Å²) in [5.41, 5.74) is 4.63. The van der Waals surface area contributed by atoms with Crippen molar-refractivity contribution < 1.29 is 14.7 Å². The van der Waals surface area contributed by atoms with E-state index in [0.717, 1.165) is 67.8 Å². The van der Waals surface area contributed by atoms with Crippen molar-refractivity contribution in [3.63, 3.8) is 0 Å². The molecule has 0 fully saturated rings. The number of aromatic nitrogens is 3. The van der Waals surface area contributed by atoms with E-state index >= 15 is 0 Å². The fourth-order valence-corrected chi connectivity index (χ4v) is 4.18. The summed E-state index contributed by atoms with van der Waals surface area (Å²) in [6.45, 7) is 5.43. The van der Waals surface area contributed by atoms with Gasteiger partial charge in [-0.2, -0.15) is 0 Å². The number of aryl methyl sites for hydroxylation is 2. The Balaban J connectivity index is 1.16. The fraction of sp³-hybridized carbons (Fsp3) is 0.385. The summed E-state index contributed by atoms with van der Waals surface area (Å²) in [7, 11) is 0. The Morgan fingerprint density at radius 2 is 2.00 bits per heavy atom. The van der Waals surface area contributed by atoms with Crippen LogP contribution in [0.1, 0.15) is 54.0 Å². The number of H-pyrrole nitrogens is 1. The Labute approximate surface area is 204 Å². The lowest BCUT2D eigenvalue weighted by atomic mass is 10.1. The number of para-hydroxylation sites is 2. The predicted molar refractivity (Wildman–Crippen MR) is 135 cm³/mol. The molecule has 1 unspecified atom stereocenters. The zero-order chi connectivity index (χ0) is 24.6. The summed E-state index contributed by atoms with van der Waals surface area (Å²) in [5.74, 6) is -0.508. The molecule has 1 aliphatic rings. The van der Waals surface area contributed by atoms with Gasteiger partial charge in [0.1, 0.15) is 11.9 Å². The number of aliphatic carboxylic acids is 1. The second-order valence-electron chi connectivity index (χ2n) is 8.83. The van der Waals surface area contributed by atoms with Gasteiger partial charge in [0.2, 0.25) is 0 Å². The van der Waals surface area contributed by atoms with E-state index in [4.69, 9.17) is 4.98 Å². The molecule has 0 saturated heterocycles. The lowest BCUT2D eigenvalue weighted by Crippen LogP contribution is -2.42. The normalized spacial score (nSPS) is 13.5. The number of imidazole rings is 1. The molecule has 0 spiro atoms. The first-order chi connectivity index (χ1) is 17.0. The van der Waals surface area contributed by atoms with Crippen molar-refractivity contribution in [2.24, 2.45) is 0 Å². The Morgan fingerprint density at radius 1 is 1.14 bits per heavy atom. The summed E-state index contributed by atoms with van der Waals surface area (Å²) in [4.78, 5) is 36.0. The van der Waals surface area contributed by atoms with Crippen molar-refractivity contribution >= 4 is 28.7 Å². The Kier molecular flexibility index (Phi) is 7.97. The van der Waals surface area contributed by atoms with E-state index in [0.29, 0.717) is 12.1 Å². The molecule has 35 heavy (non-hydrogen) atoms. The molecular formula is C26H32N6O3. The zero-order valence-corrected chi connectivity index (χ0v) is 19.8. The van der Waals surface area contributed by atoms with Crippen molar-refractivity contribution in [1.29, 1.82) is 0 Å². The number of carbonyl (C=O) groups is 2. The minimum atomic E-state index is -1.09. The van der Waals surface area contributed by atoms with E-state index in [1.165, 1.54) is 5.56 Å². The third-order valence-corrected chi connectivity index (χ3v) is 6.13. The summed E-state index contributed by atoms with van der Waals surface area (Å²) >= 11 is 0. The second kappa shape index (κ2) is 11.5. The lowest BCUT2D eigenvalue weighted by Gasteiger charge is -2.17. The van der Waals surface area contributed by atoms with E-state index in [2.05, 4.69) is 44.6 Å². The highest BCUT2D eigenvalue weighted by Gasteiger charge is 2.22. The number of fused-ring (bicyclic) bond motifs is 2. The van der Waals surface area contributed by atoms with Gasteiger partial charge in [-0.3, -0.25) is 4.79 Å². The number of benzene rings is 1. The molecule has 1 aliphatic heterocycles. The van der Waals surface area contributed by atoms with Crippen LogP contribution in [-0.4, -0.2) is 51.1 Å². The van der Waals surface area contributed by atoms with Crippen LogP contribution in [0, 0.1) is 0 Å². The first-order valence-electron chi connectivity index (χ1n) is 12.1. The van der Waals surface area contributed by atoms with E-state index in [9.17, 15) is 14.7 Å². The van der Waals surface area contributed by atoms with Gasteiger partial charge in [0.15, 0.2) is 5.82 Å². The number of amides is 1. The van der Waals surface area contributed by atoms with Gasteiger partial charge in [-0.25, -0.2) is 14.8 Å². The van der Waals surface area contributed by atoms with Gasteiger partial charge in [-0.05, 0) is 68.7 Å². The van der Waals surface area contributed by atoms with E-state index < -0.39 is 17.9 Å². The van der Waals surface area contributed by atoms with E-state index in [1.54, 1.807) is 6.07 Å². The molecule has 3 aromatic rings. The van der Waals surface area contributed by atoms with Crippen LogP contribution >= 0.6 is 0 Å². The standard InChI is InChI=1S/C26H32N6O3/c1-17(7-2-3-9-19-13-12-18-8-6-15-28-23(18)29-19)27-16-14-22(26(34)35)32-25(33)24-30-20-10-4-5-11-21(20)31-24/h4-5,10-13,22,27H,1-3,6-9,14-16H2,(H,28,29)(H,30,31)(H,32,33)(H,34,35). The maximum absolute atomic E-state index is 12.5. The minimum absolute atomic E-state index is 0.0963. The number of nitrogens with zero attached hydrogens (tertiary/aromatic N) is 2. The van der Waals surface area contributed by atoms with Crippen molar-refractivity contribution in [2.75, 3.05) is 18.4 Å². The molecule has 0 saturated carbocycles. The molecule has 1 amide bonds. The van der Waals surface area contributed by atoms with E-state index in [-0.39, 0.29) is 12.2 Å². The minimum Gasteiger partial charge on any atom is -0.480 e. The summed E-state index contributed by atoms with van der Waals surface area (Å²) < 4.78 is 0. The molecule has 9 heteroatoms. The third-order valence-electron chi connectivity index (χ3n) is 6.13. The van der Waals surface area contributed by atoms with Crippen molar-refractivity contribution in [1.82, 2.24) is 25.6 Å². The average Bonchev–Trinajstić information content (AvgIpc) is 3.30. The molecule has 2 aromatic heterocycles. The van der Waals surface area contributed by atoms with Gasteiger partial charge < -0.3 is 26.0 Å². The van der Waals surface area contributed by atoms with Crippen molar-refractivity contribution in [2.45, 2.75) is 51.0 Å².